The summed E-state index contributed by atoms with van der Waals surface area (Å²) < 4.78 is 12.8. The molecule has 0 aliphatic rings. The second-order valence-corrected chi connectivity index (χ2v) is 7.40. The van der Waals surface area contributed by atoms with Crippen LogP contribution in [0.15, 0.2) is 41.3 Å². The third-order valence-corrected chi connectivity index (χ3v) is 5.07. The molecular formula is C23H27N3O4. The quantitative estimate of drug-likeness (QED) is 0.678. The van der Waals surface area contributed by atoms with Gasteiger partial charge in [0.25, 0.3) is 11.5 Å². The number of rotatable bonds is 6. The van der Waals surface area contributed by atoms with Crippen LogP contribution in [0.1, 0.15) is 15.9 Å². The van der Waals surface area contributed by atoms with Crippen LogP contribution >= 0.6 is 0 Å². The number of aromatic nitrogens is 1. The van der Waals surface area contributed by atoms with Gasteiger partial charge >= 0.3 is 0 Å². The summed E-state index contributed by atoms with van der Waals surface area (Å²) in [6.07, 6.45) is 1.80. The Hall–Kier alpha value is -3.32. The summed E-state index contributed by atoms with van der Waals surface area (Å²) in [5, 5.41) is 3.83. The molecule has 7 nitrogen and oxygen atoms in total. The normalized spacial score (nSPS) is 11.0. The van der Waals surface area contributed by atoms with Crippen LogP contribution in [0.5, 0.6) is 11.5 Å². The highest BCUT2D eigenvalue weighted by atomic mass is 16.5. The van der Waals surface area contributed by atoms with Crippen molar-refractivity contribution in [2.45, 2.75) is 6.54 Å². The van der Waals surface area contributed by atoms with E-state index in [4.69, 9.17) is 9.47 Å². The van der Waals surface area contributed by atoms with Crippen molar-refractivity contribution < 1.29 is 14.3 Å². The van der Waals surface area contributed by atoms with Crippen molar-refractivity contribution in [1.82, 2.24) is 14.8 Å². The Kier molecular flexibility index (Phi) is 6.12. The minimum atomic E-state index is -0.235. The van der Waals surface area contributed by atoms with Crippen LogP contribution < -0.4 is 20.3 Å². The number of carbonyl (C=O) groups is 1. The molecule has 0 unspecified atom stereocenters. The highest BCUT2D eigenvalue weighted by Gasteiger charge is 2.17. The van der Waals surface area contributed by atoms with Crippen LogP contribution in [-0.4, -0.2) is 50.7 Å². The number of aryl methyl sites for hydroxylation is 1. The van der Waals surface area contributed by atoms with Gasteiger partial charge in [-0.2, -0.15) is 0 Å². The molecule has 0 radical (unpaired) electrons. The fourth-order valence-corrected chi connectivity index (χ4v) is 3.60. The zero-order valence-corrected chi connectivity index (χ0v) is 18.2. The van der Waals surface area contributed by atoms with Crippen LogP contribution in [0.25, 0.3) is 21.9 Å². The van der Waals surface area contributed by atoms with Gasteiger partial charge in [-0.15, -0.1) is 0 Å². The Bertz CT molecular complexity index is 1140. The van der Waals surface area contributed by atoms with Crippen LogP contribution in [-0.2, 0) is 13.6 Å². The number of fused-ring (bicyclic) bond motifs is 1. The lowest BCUT2D eigenvalue weighted by Gasteiger charge is -2.19. The Morgan fingerprint density at radius 1 is 1.07 bits per heavy atom. The molecule has 3 aromatic rings. The Labute approximate surface area is 175 Å². The smallest absolute Gasteiger partial charge is 0.258 e. The van der Waals surface area contributed by atoms with Crippen molar-refractivity contribution in [2.75, 3.05) is 35.4 Å². The lowest BCUT2D eigenvalue weighted by Crippen LogP contribution is -2.20. The molecule has 0 aliphatic heterocycles. The highest BCUT2D eigenvalue weighted by molar-refractivity contribution is 6.02. The average molecular weight is 409 g/mol. The molecular weight excluding hydrogens is 382 g/mol. The van der Waals surface area contributed by atoms with Crippen LogP contribution in [0, 0.1) is 0 Å². The molecule has 1 aromatic heterocycles. The van der Waals surface area contributed by atoms with E-state index in [2.05, 4.69) is 5.32 Å². The van der Waals surface area contributed by atoms with E-state index in [1.807, 2.05) is 37.2 Å². The molecule has 1 N–H and O–H groups in total. The lowest BCUT2D eigenvalue weighted by molar-refractivity contribution is 0.0963. The number of ether oxygens (including phenoxy) is 2. The van der Waals surface area contributed by atoms with E-state index in [9.17, 15) is 9.59 Å². The summed E-state index contributed by atoms with van der Waals surface area (Å²) in [7, 11) is 10.5. The van der Waals surface area contributed by atoms with Crippen LogP contribution in [0.2, 0.25) is 0 Å². The maximum Gasteiger partial charge on any atom is 0.258 e. The van der Waals surface area contributed by atoms with Gasteiger partial charge in [-0.05, 0) is 49.3 Å². The zero-order valence-electron chi connectivity index (χ0n) is 18.2. The van der Waals surface area contributed by atoms with Crippen molar-refractivity contribution in [2.24, 2.45) is 7.05 Å². The first-order valence-corrected chi connectivity index (χ1v) is 9.56. The molecule has 1 amide bonds. The van der Waals surface area contributed by atoms with Gasteiger partial charge in [0, 0.05) is 43.4 Å². The Morgan fingerprint density at radius 2 is 1.70 bits per heavy atom. The number of hydrogen-bond donors (Lipinski definition) is 1. The molecule has 30 heavy (non-hydrogen) atoms. The third-order valence-electron chi connectivity index (χ3n) is 5.07. The molecule has 2 aromatic carbocycles. The van der Waals surface area contributed by atoms with Gasteiger partial charge in [-0.1, -0.05) is 6.07 Å². The van der Waals surface area contributed by atoms with Gasteiger partial charge in [-0.3, -0.25) is 9.59 Å². The maximum atomic E-state index is 12.8. The van der Waals surface area contributed by atoms with E-state index in [0.29, 0.717) is 29.0 Å². The predicted octanol–water partition coefficient (Wildman–Crippen LogP) is 2.64. The van der Waals surface area contributed by atoms with Gasteiger partial charge < -0.3 is 24.3 Å². The largest absolute Gasteiger partial charge is 0.496 e. The fraction of sp³-hybridized carbons (Fsp3) is 0.304. The van der Waals surface area contributed by atoms with Gasteiger partial charge in [-0.25, -0.2) is 0 Å². The Balaban J connectivity index is 2.30. The van der Waals surface area contributed by atoms with Crippen molar-refractivity contribution in [1.29, 1.82) is 0 Å². The molecule has 3 rings (SSSR count). The number of amides is 1. The summed E-state index contributed by atoms with van der Waals surface area (Å²) in [6.45, 7) is 0.663. The molecule has 1 heterocycles. The molecule has 0 bridgehead atoms. The van der Waals surface area contributed by atoms with Crippen molar-refractivity contribution in [3.63, 3.8) is 0 Å². The standard InChI is InChI=1S/C23H27N3O4/c1-24-22(27)14-7-8-16-17(9-14)23(28)26(4)13-18(16)15-10-20(29-5)19(12-25(2)3)21(11-15)30-6/h7-11,13H,12H2,1-6H3,(H,24,27). The third kappa shape index (κ3) is 3.89. The van der Waals surface area contributed by atoms with E-state index in [1.165, 1.54) is 4.57 Å². The maximum absolute atomic E-state index is 12.8. The molecule has 0 saturated heterocycles. The number of methoxy groups -OCH3 is 2. The topological polar surface area (TPSA) is 72.8 Å². The van der Waals surface area contributed by atoms with E-state index in [-0.39, 0.29) is 11.5 Å². The van der Waals surface area contributed by atoms with Crippen LogP contribution in [0.4, 0.5) is 0 Å². The summed E-state index contributed by atoms with van der Waals surface area (Å²) in [6, 6.07) is 9.07. The first-order valence-electron chi connectivity index (χ1n) is 9.56. The van der Waals surface area contributed by atoms with Crippen molar-refractivity contribution >= 4 is 16.7 Å². The number of nitrogens with one attached hydrogen (secondary N) is 1. The van der Waals surface area contributed by atoms with Gasteiger partial charge in [0.1, 0.15) is 11.5 Å². The van der Waals surface area contributed by atoms with Gasteiger partial charge in [0.05, 0.1) is 19.8 Å². The first kappa shape index (κ1) is 21.4. The van der Waals surface area contributed by atoms with Gasteiger partial charge in [0.2, 0.25) is 0 Å². The summed E-state index contributed by atoms with van der Waals surface area (Å²) in [5.41, 5.74) is 2.94. The highest BCUT2D eigenvalue weighted by Crippen LogP contribution is 2.37. The van der Waals surface area contributed by atoms with E-state index in [0.717, 1.165) is 22.1 Å². The minimum Gasteiger partial charge on any atom is -0.496 e. The van der Waals surface area contributed by atoms with Crippen molar-refractivity contribution in [3.8, 4) is 22.6 Å². The molecule has 158 valence electrons. The van der Waals surface area contributed by atoms with E-state index >= 15 is 0 Å². The summed E-state index contributed by atoms with van der Waals surface area (Å²) in [4.78, 5) is 26.9. The summed E-state index contributed by atoms with van der Waals surface area (Å²) in [5.74, 6) is 1.19. The predicted molar refractivity (Wildman–Crippen MR) is 119 cm³/mol. The van der Waals surface area contributed by atoms with E-state index in [1.54, 1.807) is 46.6 Å². The van der Waals surface area contributed by atoms with Gasteiger partial charge in [0.15, 0.2) is 0 Å². The molecule has 7 heteroatoms. The monoisotopic (exact) mass is 409 g/mol. The fourth-order valence-electron chi connectivity index (χ4n) is 3.60. The number of carbonyl (C=O) groups excluding carboxylic acids is 1. The molecule has 0 saturated carbocycles. The number of hydrogen-bond acceptors (Lipinski definition) is 5. The zero-order chi connectivity index (χ0) is 22.0. The number of benzene rings is 2. The molecule has 0 atom stereocenters. The molecule has 0 fully saturated rings. The summed E-state index contributed by atoms with van der Waals surface area (Å²) >= 11 is 0. The SMILES string of the molecule is CNC(=O)c1ccc2c(-c3cc(OC)c(CN(C)C)c(OC)c3)cn(C)c(=O)c2c1. The van der Waals surface area contributed by atoms with E-state index < -0.39 is 0 Å². The van der Waals surface area contributed by atoms with Crippen LogP contribution in [0.3, 0.4) is 0 Å². The van der Waals surface area contributed by atoms with Crippen molar-refractivity contribution in [3.05, 3.63) is 58.0 Å². The minimum absolute atomic E-state index is 0.164. The number of pyridine rings is 1. The Morgan fingerprint density at radius 3 is 2.23 bits per heavy atom. The first-order chi connectivity index (χ1) is 14.3. The molecule has 0 aliphatic carbocycles. The average Bonchev–Trinajstić information content (AvgIpc) is 2.75. The molecule has 0 spiro atoms. The second-order valence-electron chi connectivity index (χ2n) is 7.40. The lowest BCUT2D eigenvalue weighted by atomic mass is 9.97. The second kappa shape index (κ2) is 8.59. The number of nitrogens with zero attached hydrogens (tertiary/aromatic N) is 2.